The summed E-state index contributed by atoms with van der Waals surface area (Å²) in [5.41, 5.74) is 6.71. The molecule has 4 nitrogen and oxygen atoms in total. The van der Waals surface area contributed by atoms with Crippen LogP contribution in [0.3, 0.4) is 0 Å². The number of nitrogens with one attached hydrogen (secondary N) is 1. The molecule has 4 N–H and O–H groups in total. The van der Waals surface area contributed by atoms with Crippen molar-refractivity contribution >= 4 is 28.1 Å². The number of nitrogen functional groups attached to an aromatic ring is 1. The highest BCUT2D eigenvalue weighted by Crippen LogP contribution is 2.32. The second kappa shape index (κ2) is 7.22. The van der Waals surface area contributed by atoms with Crippen LogP contribution in [0.2, 0.25) is 5.02 Å². The smallest absolute Gasteiger partial charge is 0.180 e. The third-order valence-corrected chi connectivity index (χ3v) is 4.66. The summed E-state index contributed by atoms with van der Waals surface area (Å²) in [6.07, 6.45) is 1.76. The lowest BCUT2D eigenvalue weighted by Gasteiger charge is -2.27. The number of thiazole rings is 1. The van der Waals surface area contributed by atoms with E-state index in [9.17, 15) is 5.11 Å². The Bertz CT molecular complexity index is 588. The van der Waals surface area contributed by atoms with E-state index in [0.717, 1.165) is 10.4 Å². The summed E-state index contributed by atoms with van der Waals surface area (Å²) in [6, 6.07) is 7.52. The Balaban J connectivity index is 2.38. The van der Waals surface area contributed by atoms with E-state index in [1.807, 2.05) is 24.3 Å². The molecule has 0 radical (unpaired) electrons. The number of aromatic nitrogens is 1. The van der Waals surface area contributed by atoms with Crippen molar-refractivity contribution < 1.29 is 5.11 Å². The number of benzene rings is 1. The van der Waals surface area contributed by atoms with Gasteiger partial charge in [-0.1, -0.05) is 43.6 Å². The van der Waals surface area contributed by atoms with E-state index in [0.29, 0.717) is 16.1 Å². The molecule has 0 aliphatic heterocycles. The highest BCUT2D eigenvalue weighted by atomic mass is 35.5. The lowest BCUT2D eigenvalue weighted by molar-refractivity contribution is 0.204. The van der Waals surface area contributed by atoms with Crippen molar-refractivity contribution in [2.45, 2.75) is 25.9 Å². The average molecular weight is 326 g/mol. The molecule has 1 aromatic carbocycles. The van der Waals surface area contributed by atoms with E-state index in [1.165, 1.54) is 11.3 Å². The topological polar surface area (TPSA) is 71.2 Å². The molecule has 1 aromatic heterocycles. The maximum atomic E-state index is 9.58. The molecule has 0 saturated heterocycles. The molecule has 0 spiro atoms. The van der Waals surface area contributed by atoms with Crippen molar-refractivity contribution in [2.75, 3.05) is 12.3 Å². The minimum absolute atomic E-state index is 0.0328. The number of rotatable bonds is 6. The first-order valence-electron chi connectivity index (χ1n) is 6.85. The third-order valence-electron chi connectivity index (χ3n) is 3.42. The van der Waals surface area contributed by atoms with Gasteiger partial charge in [0.15, 0.2) is 5.13 Å². The summed E-state index contributed by atoms with van der Waals surface area (Å²) < 4.78 is 0. The Labute approximate surface area is 134 Å². The van der Waals surface area contributed by atoms with E-state index in [1.54, 1.807) is 6.20 Å². The Kier molecular flexibility index (Phi) is 5.58. The Morgan fingerprint density at radius 2 is 2.10 bits per heavy atom. The highest BCUT2D eigenvalue weighted by Gasteiger charge is 2.23. The predicted molar refractivity (Wildman–Crippen MR) is 88.7 cm³/mol. The number of aliphatic hydroxyl groups is 1. The molecule has 0 aliphatic rings. The zero-order valence-electron chi connectivity index (χ0n) is 12.1. The molecule has 0 saturated carbocycles. The molecule has 2 atom stereocenters. The monoisotopic (exact) mass is 325 g/mol. The van der Waals surface area contributed by atoms with Crippen LogP contribution in [0.1, 0.15) is 30.3 Å². The molecule has 0 fully saturated rings. The van der Waals surface area contributed by atoms with Crippen LogP contribution in [0, 0.1) is 5.92 Å². The van der Waals surface area contributed by atoms with Crippen molar-refractivity contribution in [3.8, 4) is 0 Å². The highest BCUT2D eigenvalue weighted by molar-refractivity contribution is 7.15. The van der Waals surface area contributed by atoms with Gasteiger partial charge in [-0.2, -0.15) is 0 Å². The van der Waals surface area contributed by atoms with Gasteiger partial charge in [0.25, 0.3) is 0 Å². The largest absolute Gasteiger partial charge is 0.395 e. The zero-order valence-corrected chi connectivity index (χ0v) is 13.7. The third kappa shape index (κ3) is 3.95. The van der Waals surface area contributed by atoms with Crippen LogP contribution >= 0.6 is 22.9 Å². The van der Waals surface area contributed by atoms with Crippen LogP contribution in [0.4, 0.5) is 5.13 Å². The maximum Gasteiger partial charge on any atom is 0.180 e. The van der Waals surface area contributed by atoms with Crippen LogP contribution in [-0.4, -0.2) is 22.7 Å². The van der Waals surface area contributed by atoms with Crippen LogP contribution in [-0.2, 0) is 0 Å². The van der Waals surface area contributed by atoms with Gasteiger partial charge in [-0.05, 0) is 17.5 Å². The van der Waals surface area contributed by atoms with Gasteiger partial charge in [-0.15, -0.1) is 11.3 Å². The van der Waals surface area contributed by atoms with Gasteiger partial charge >= 0.3 is 0 Å². The first-order valence-corrected chi connectivity index (χ1v) is 8.05. The Morgan fingerprint density at radius 3 is 2.62 bits per heavy atom. The normalized spacial score (nSPS) is 14.3. The summed E-state index contributed by atoms with van der Waals surface area (Å²) in [6.45, 7) is 4.20. The van der Waals surface area contributed by atoms with Crippen LogP contribution in [0.5, 0.6) is 0 Å². The maximum absolute atomic E-state index is 9.58. The lowest BCUT2D eigenvalue weighted by atomic mass is 10.00. The minimum atomic E-state index is -0.131. The fourth-order valence-corrected chi connectivity index (χ4v) is 3.15. The van der Waals surface area contributed by atoms with Crippen molar-refractivity contribution in [3.63, 3.8) is 0 Å². The second-order valence-corrected chi connectivity index (χ2v) is 6.76. The number of aliphatic hydroxyl groups excluding tert-OH is 1. The first-order chi connectivity index (χ1) is 10.0. The van der Waals surface area contributed by atoms with Gasteiger partial charge in [0.05, 0.1) is 12.6 Å². The molecule has 1 unspecified atom stereocenters. The number of nitrogens with two attached hydrogens (primary N) is 1. The number of halogens is 1. The quantitative estimate of drug-likeness (QED) is 0.763. The molecule has 0 aliphatic carbocycles. The van der Waals surface area contributed by atoms with Gasteiger partial charge in [0, 0.05) is 22.1 Å². The summed E-state index contributed by atoms with van der Waals surface area (Å²) >= 11 is 7.76. The SMILES string of the molecule is CC(C)[C@@H](CO)NC(c1cnc(N)s1)c1ccccc1Cl. The Morgan fingerprint density at radius 1 is 1.38 bits per heavy atom. The van der Waals surface area contributed by atoms with E-state index in [4.69, 9.17) is 17.3 Å². The zero-order chi connectivity index (χ0) is 15.4. The van der Waals surface area contributed by atoms with Gasteiger partial charge in [-0.25, -0.2) is 4.98 Å². The molecule has 6 heteroatoms. The summed E-state index contributed by atoms with van der Waals surface area (Å²) in [5.74, 6) is 0.297. The van der Waals surface area contributed by atoms with Crippen molar-refractivity contribution in [1.82, 2.24) is 10.3 Å². The molecule has 114 valence electrons. The molecule has 2 aromatic rings. The molecule has 2 rings (SSSR count). The Hall–Kier alpha value is -1.14. The number of hydrogen-bond acceptors (Lipinski definition) is 5. The van der Waals surface area contributed by atoms with E-state index < -0.39 is 0 Å². The van der Waals surface area contributed by atoms with Gasteiger partial charge in [0.1, 0.15) is 0 Å². The number of anilines is 1. The summed E-state index contributed by atoms with van der Waals surface area (Å²) in [4.78, 5) is 5.11. The van der Waals surface area contributed by atoms with Gasteiger partial charge < -0.3 is 16.2 Å². The molecule has 1 heterocycles. The average Bonchev–Trinajstić information content (AvgIpc) is 2.87. The minimum Gasteiger partial charge on any atom is -0.395 e. The fraction of sp³-hybridized carbons (Fsp3) is 0.400. The molecular weight excluding hydrogens is 306 g/mol. The molecule has 0 amide bonds. The summed E-state index contributed by atoms with van der Waals surface area (Å²) in [5, 5.41) is 14.3. The second-order valence-electron chi connectivity index (χ2n) is 5.26. The van der Waals surface area contributed by atoms with Gasteiger partial charge in [0.2, 0.25) is 0 Å². The predicted octanol–water partition coefficient (Wildman–Crippen LogP) is 3.07. The van der Waals surface area contributed by atoms with E-state index >= 15 is 0 Å². The van der Waals surface area contributed by atoms with E-state index in [-0.39, 0.29) is 18.7 Å². The van der Waals surface area contributed by atoms with Gasteiger partial charge in [-0.3, -0.25) is 0 Å². The number of hydrogen-bond donors (Lipinski definition) is 3. The van der Waals surface area contributed by atoms with Crippen molar-refractivity contribution in [1.29, 1.82) is 0 Å². The summed E-state index contributed by atoms with van der Waals surface area (Å²) in [7, 11) is 0. The van der Waals surface area contributed by atoms with E-state index in [2.05, 4.69) is 24.1 Å². The van der Waals surface area contributed by atoms with Crippen LogP contribution in [0.25, 0.3) is 0 Å². The van der Waals surface area contributed by atoms with Crippen molar-refractivity contribution in [3.05, 3.63) is 45.9 Å². The lowest BCUT2D eigenvalue weighted by Crippen LogP contribution is -2.39. The molecule has 0 bridgehead atoms. The van der Waals surface area contributed by atoms with Crippen molar-refractivity contribution in [2.24, 2.45) is 5.92 Å². The fourth-order valence-electron chi connectivity index (χ4n) is 2.14. The first kappa shape index (κ1) is 16.2. The van der Waals surface area contributed by atoms with Crippen LogP contribution < -0.4 is 11.1 Å². The number of nitrogens with zero attached hydrogens (tertiary/aromatic N) is 1. The standard InChI is InChI=1S/C15H20ClN3OS/c1-9(2)12(8-20)19-14(13-7-18-15(17)21-13)10-5-3-4-6-11(10)16/h3-7,9,12,14,19-20H,8H2,1-2H3,(H2,17,18)/t12-,14?/m1/s1. The molecular formula is C15H20ClN3OS. The van der Waals surface area contributed by atoms with Crippen LogP contribution in [0.15, 0.2) is 30.5 Å². The molecule has 21 heavy (non-hydrogen) atoms.